The highest BCUT2D eigenvalue weighted by molar-refractivity contribution is 7.10. The Balaban J connectivity index is 1.42. The summed E-state index contributed by atoms with van der Waals surface area (Å²) in [5.41, 5.74) is 1.21. The first-order valence-electron chi connectivity index (χ1n) is 8.11. The molecule has 7 heteroatoms. The fourth-order valence-corrected chi connectivity index (χ4v) is 4.40. The predicted octanol–water partition coefficient (Wildman–Crippen LogP) is 2.21. The summed E-state index contributed by atoms with van der Waals surface area (Å²) in [6.07, 6.45) is 6.66. The molecule has 6 nitrogen and oxygen atoms in total. The minimum Gasteiger partial charge on any atom is -0.373 e. The normalized spacial score (nSPS) is 24.4. The van der Waals surface area contributed by atoms with Crippen LogP contribution in [0.5, 0.6) is 0 Å². The van der Waals surface area contributed by atoms with Gasteiger partial charge in [0.25, 0.3) is 0 Å². The maximum Gasteiger partial charge on any atom is 0.225 e. The number of likely N-dealkylation sites (tertiary alicyclic amines) is 1. The van der Waals surface area contributed by atoms with Crippen LogP contribution >= 0.6 is 11.3 Å². The minimum atomic E-state index is -0.0794. The summed E-state index contributed by atoms with van der Waals surface area (Å²) in [5, 5.41) is 6.31. The van der Waals surface area contributed by atoms with Gasteiger partial charge in [0, 0.05) is 24.4 Å². The molecule has 2 atom stereocenters. The Kier molecular flexibility index (Phi) is 4.13. The molecule has 0 N–H and O–H groups in total. The molecule has 4 heterocycles. The van der Waals surface area contributed by atoms with E-state index >= 15 is 0 Å². The topological polar surface area (TPSA) is 60.2 Å². The van der Waals surface area contributed by atoms with Gasteiger partial charge in [-0.25, -0.2) is 9.67 Å². The van der Waals surface area contributed by atoms with Crippen molar-refractivity contribution < 1.29 is 9.53 Å². The number of aromatic nitrogens is 3. The predicted molar refractivity (Wildman–Crippen MR) is 86.2 cm³/mol. The van der Waals surface area contributed by atoms with Gasteiger partial charge in [0.1, 0.15) is 12.7 Å². The highest BCUT2D eigenvalue weighted by Gasteiger charge is 2.29. The molecule has 0 spiro atoms. The quantitative estimate of drug-likeness (QED) is 0.864. The van der Waals surface area contributed by atoms with E-state index in [1.165, 1.54) is 10.4 Å². The Hall–Kier alpha value is -1.73. The Bertz CT molecular complexity index is 669. The molecule has 1 fully saturated rings. The Labute approximate surface area is 139 Å². The molecule has 4 rings (SSSR count). The third-order valence-electron chi connectivity index (χ3n) is 4.69. The van der Waals surface area contributed by atoms with Crippen LogP contribution in [0.25, 0.3) is 0 Å². The van der Waals surface area contributed by atoms with Crippen LogP contribution in [0, 0.1) is 0 Å². The van der Waals surface area contributed by atoms with Gasteiger partial charge in [-0.1, -0.05) is 0 Å². The van der Waals surface area contributed by atoms with Crippen LogP contribution in [-0.4, -0.2) is 45.3 Å². The monoisotopic (exact) mass is 332 g/mol. The molecular weight excluding hydrogens is 312 g/mol. The van der Waals surface area contributed by atoms with Crippen molar-refractivity contribution in [3.8, 4) is 0 Å². The van der Waals surface area contributed by atoms with Crippen LogP contribution in [-0.2, 0) is 16.0 Å². The SMILES string of the molecule is O=C(C[C@H]1OCCc2sccc21)N1CCC[C@@H](n2cncn2)C1. The second-order valence-corrected chi connectivity index (χ2v) is 7.12. The number of hydrogen-bond acceptors (Lipinski definition) is 5. The van der Waals surface area contributed by atoms with Crippen LogP contribution in [0.4, 0.5) is 0 Å². The summed E-state index contributed by atoms with van der Waals surface area (Å²) in [6.45, 7) is 2.26. The van der Waals surface area contributed by atoms with E-state index in [9.17, 15) is 4.79 Å². The van der Waals surface area contributed by atoms with Crippen molar-refractivity contribution in [3.05, 3.63) is 34.5 Å². The van der Waals surface area contributed by atoms with Gasteiger partial charge in [0.15, 0.2) is 0 Å². The Morgan fingerprint density at radius 2 is 2.43 bits per heavy atom. The molecule has 1 amide bonds. The van der Waals surface area contributed by atoms with Crippen molar-refractivity contribution >= 4 is 17.2 Å². The summed E-state index contributed by atoms with van der Waals surface area (Å²) in [7, 11) is 0. The number of carbonyl (C=O) groups excluding carboxylic acids is 1. The number of hydrogen-bond donors (Lipinski definition) is 0. The van der Waals surface area contributed by atoms with Gasteiger partial charge in [0.05, 0.1) is 25.2 Å². The summed E-state index contributed by atoms with van der Waals surface area (Å²) in [4.78, 5) is 20.1. The van der Waals surface area contributed by atoms with E-state index in [0.29, 0.717) is 19.6 Å². The highest BCUT2D eigenvalue weighted by atomic mass is 32.1. The van der Waals surface area contributed by atoms with E-state index in [1.807, 2.05) is 9.58 Å². The first kappa shape index (κ1) is 14.8. The van der Waals surface area contributed by atoms with Gasteiger partial charge in [-0.05, 0) is 29.9 Å². The number of amides is 1. The minimum absolute atomic E-state index is 0.0794. The van der Waals surface area contributed by atoms with Crippen LogP contribution in [0.1, 0.15) is 41.8 Å². The molecule has 0 bridgehead atoms. The molecule has 0 unspecified atom stereocenters. The molecule has 23 heavy (non-hydrogen) atoms. The number of piperidine rings is 1. The third kappa shape index (κ3) is 3.03. The van der Waals surface area contributed by atoms with Gasteiger partial charge in [-0.2, -0.15) is 5.10 Å². The van der Waals surface area contributed by atoms with Crippen molar-refractivity contribution in [1.82, 2.24) is 19.7 Å². The molecule has 2 aliphatic heterocycles. The van der Waals surface area contributed by atoms with Gasteiger partial charge >= 0.3 is 0 Å². The number of rotatable bonds is 3. The number of fused-ring (bicyclic) bond motifs is 1. The highest BCUT2D eigenvalue weighted by Crippen LogP contribution is 2.34. The summed E-state index contributed by atoms with van der Waals surface area (Å²) < 4.78 is 7.72. The van der Waals surface area contributed by atoms with Crippen molar-refractivity contribution in [1.29, 1.82) is 0 Å². The van der Waals surface area contributed by atoms with Crippen LogP contribution in [0.15, 0.2) is 24.1 Å². The fourth-order valence-electron chi connectivity index (χ4n) is 3.48. The van der Waals surface area contributed by atoms with Crippen molar-refractivity contribution in [3.63, 3.8) is 0 Å². The molecule has 2 aliphatic rings. The Morgan fingerprint density at radius 3 is 3.30 bits per heavy atom. The largest absolute Gasteiger partial charge is 0.373 e. The first-order valence-corrected chi connectivity index (χ1v) is 8.99. The van der Waals surface area contributed by atoms with E-state index in [1.54, 1.807) is 24.0 Å². The van der Waals surface area contributed by atoms with E-state index in [-0.39, 0.29) is 18.1 Å². The smallest absolute Gasteiger partial charge is 0.225 e. The number of carbonyl (C=O) groups is 1. The molecular formula is C16H20N4O2S. The van der Waals surface area contributed by atoms with Gasteiger partial charge in [-0.3, -0.25) is 4.79 Å². The van der Waals surface area contributed by atoms with Crippen molar-refractivity contribution in [2.75, 3.05) is 19.7 Å². The third-order valence-corrected chi connectivity index (χ3v) is 5.69. The van der Waals surface area contributed by atoms with E-state index < -0.39 is 0 Å². The van der Waals surface area contributed by atoms with Crippen molar-refractivity contribution in [2.24, 2.45) is 0 Å². The zero-order valence-electron chi connectivity index (χ0n) is 12.9. The maximum atomic E-state index is 12.7. The molecule has 2 aromatic heterocycles. The average molecular weight is 332 g/mol. The zero-order valence-corrected chi connectivity index (χ0v) is 13.7. The Morgan fingerprint density at radius 1 is 1.48 bits per heavy atom. The van der Waals surface area contributed by atoms with Crippen molar-refractivity contribution in [2.45, 2.75) is 37.8 Å². The van der Waals surface area contributed by atoms with E-state index in [2.05, 4.69) is 21.5 Å². The summed E-state index contributed by atoms with van der Waals surface area (Å²) in [6, 6.07) is 2.34. The zero-order chi connectivity index (χ0) is 15.6. The maximum absolute atomic E-state index is 12.7. The van der Waals surface area contributed by atoms with E-state index in [4.69, 9.17) is 4.74 Å². The number of nitrogens with zero attached hydrogens (tertiary/aromatic N) is 4. The first-order chi connectivity index (χ1) is 11.3. The lowest BCUT2D eigenvalue weighted by Gasteiger charge is -2.34. The van der Waals surface area contributed by atoms with Crippen LogP contribution in [0.3, 0.4) is 0 Å². The molecule has 0 radical (unpaired) electrons. The molecule has 0 aromatic carbocycles. The van der Waals surface area contributed by atoms with Gasteiger partial charge < -0.3 is 9.64 Å². The number of thiophene rings is 1. The van der Waals surface area contributed by atoms with Crippen LogP contribution < -0.4 is 0 Å². The summed E-state index contributed by atoms with van der Waals surface area (Å²) in [5.74, 6) is 0.180. The standard InChI is InChI=1S/C16H20N4O2S/c21-16(8-14-13-4-7-23-15(13)3-6-22-14)19-5-1-2-12(9-19)20-11-17-10-18-20/h4,7,10-12,14H,1-3,5-6,8-9H2/t12-,14-/m1/s1. The lowest BCUT2D eigenvalue weighted by atomic mass is 10.0. The lowest BCUT2D eigenvalue weighted by molar-refractivity contribution is -0.136. The lowest BCUT2D eigenvalue weighted by Crippen LogP contribution is -2.41. The molecule has 0 saturated carbocycles. The number of ether oxygens (including phenoxy) is 1. The van der Waals surface area contributed by atoms with E-state index in [0.717, 1.165) is 25.8 Å². The second-order valence-electron chi connectivity index (χ2n) is 6.12. The summed E-state index contributed by atoms with van der Waals surface area (Å²) >= 11 is 1.77. The van der Waals surface area contributed by atoms with Crippen LogP contribution in [0.2, 0.25) is 0 Å². The average Bonchev–Trinajstić information content (AvgIpc) is 3.27. The second kappa shape index (κ2) is 6.41. The molecule has 1 saturated heterocycles. The molecule has 0 aliphatic carbocycles. The van der Waals surface area contributed by atoms with Gasteiger partial charge in [-0.15, -0.1) is 11.3 Å². The molecule has 122 valence electrons. The fraction of sp³-hybridized carbons (Fsp3) is 0.562. The van der Waals surface area contributed by atoms with Gasteiger partial charge in [0.2, 0.25) is 5.91 Å². The molecule has 2 aromatic rings.